The molecule has 2 aromatic rings. The van der Waals surface area contributed by atoms with Crippen LogP contribution < -0.4 is 0 Å². The van der Waals surface area contributed by atoms with Crippen molar-refractivity contribution in [2.45, 2.75) is 26.5 Å². The molecule has 1 N–H and O–H groups in total. The third kappa shape index (κ3) is 2.88. The minimum absolute atomic E-state index is 0.00597. The first-order valence-electron chi connectivity index (χ1n) is 6.02. The molecule has 0 aliphatic rings. The molecule has 1 aromatic heterocycles. The molecule has 0 bridgehead atoms. The SMILES string of the molecule is Cc1nn(CC(O)c2cccc(Br)c2)c(C)c1[N+](=O)[O-]. The lowest BCUT2D eigenvalue weighted by Gasteiger charge is -2.12. The van der Waals surface area contributed by atoms with Crippen molar-refractivity contribution in [2.75, 3.05) is 0 Å². The first kappa shape index (κ1) is 14.7. The number of nitro groups is 1. The van der Waals surface area contributed by atoms with Crippen LogP contribution in [0.25, 0.3) is 0 Å². The van der Waals surface area contributed by atoms with Gasteiger partial charge in [-0.15, -0.1) is 0 Å². The van der Waals surface area contributed by atoms with Crippen LogP contribution in [-0.4, -0.2) is 19.8 Å². The van der Waals surface area contributed by atoms with Gasteiger partial charge in [0.2, 0.25) is 0 Å². The molecule has 106 valence electrons. The van der Waals surface area contributed by atoms with E-state index in [1.165, 1.54) is 4.68 Å². The molecule has 0 spiro atoms. The molecule has 1 atom stereocenters. The largest absolute Gasteiger partial charge is 0.386 e. The average molecular weight is 340 g/mol. The molecule has 0 fully saturated rings. The maximum absolute atomic E-state index is 10.9. The van der Waals surface area contributed by atoms with Crippen molar-refractivity contribution in [3.05, 3.63) is 55.8 Å². The van der Waals surface area contributed by atoms with E-state index < -0.39 is 11.0 Å². The van der Waals surface area contributed by atoms with Gasteiger partial charge in [-0.2, -0.15) is 5.10 Å². The highest BCUT2D eigenvalue weighted by Gasteiger charge is 2.23. The van der Waals surface area contributed by atoms with Crippen LogP contribution in [0.3, 0.4) is 0 Å². The van der Waals surface area contributed by atoms with Crippen LogP contribution >= 0.6 is 15.9 Å². The quantitative estimate of drug-likeness (QED) is 0.685. The molecule has 0 aliphatic heterocycles. The summed E-state index contributed by atoms with van der Waals surface area (Å²) in [5.41, 5.74) is 1.54. The molecular weight excluding hydrogens is 326 g/mol. The molecule has 1 aromatic carbocycles. The average Bonchev–Trinajstić information content (AvgIpc) is 2.64. The fourth-order valence-electron chi connectivity index (χ4n) is 2.11. The Morgan fingerprint density at radius 1 is 1.50 bits per heavy atom. The molecule has 0 radical (unpaired) electrons. The number of halogens is 1. The van der Waals surface area contributed by atoms with Gasteiger partial charge in [-0.3, -0.25) is 14.8 Å². The van der Waals surface area contributed by atoms with Crippen molar-refractivity contribution < 1.29 is 10.0 Å². The van der Waals surface area contributed by atoms with Gasteiger partial charge in [-0.25, -0.2) is 0 Å². The van der Waals surface area contributed by atoms with Gasteiger partial charge in [-0.1, -0.05) is 28.1 Å². The Balaban J connectivity index is 2.26. The monoisotopic (exact) mass is 339 g/mol. The lowest BCUT2D eigenvalue weighted by molar-refractivity contribution is -0.386. The molecule has 2 rings (SSSR count). The maximum atomic E-state index is 10.9. The van der Waals surface area contributed by atoms with Gasteiger partial charge in [0.05, 0.1) is 17.6 Å². The van der Waals surface area contributed by atoms with Crippen LogP contribution in [0.2, 0.25) is 0 Å². The number of aliphatic hydroxyl groups is 1. The Bertz CT molecular complexity index is 654. The molecule has 1 unspecified atom stereocenters. The Hall–Kier alpha value is -1.73. The predicted molar refractivity (Wildman–Crippen MR) is 77.5 cm³/mol. The summed E-state index contributed by atoms with van der Waals surface area (Å²) in [5.74, 6) is 0. The van der Waals surface area contributed by atoms with E-state index in [4.69, 9.17) is 0 Å². The van der Waals surface area contributed by atoms with Crippen LogP contribution in [0, 0.1) is 24.0 Å². The zero-order valence-corrected chi connectivity index (χ0v) is 12.7. The summed E-state index contributed by atoms with van der Waals surface area (Å²) in [7, 11) is 0. The molecule has 0 saturated heterocycles. The minimum atomic E-state index is -0.773. The molecule has 6 nitrogen and oxygen atoms in total. The van der Waals surface area contributed by atoms with Crippen LogP contribution in [0.1, 0.15) is 23.1 Å². The second-order valence-corrected chi connectivity index (χ2v) is 5.45. The number of rotatable bonds is 4. The van der Waals surface area contributed by atoms with Gasteiger partial charge in [0.15, 0.2) is 0 Å². The molecular formula is C13H14BrN3O3. The Kier molecular flexibility index (Phi) is 4.20. The topological polar surface area (TPSA) is 81.2 Å². The molecule has 0 saturated carbocycles. The summed E-state index contributed by atoms with van der Waals surface area (Å²) >= 11 is 3.34. The fourth-order valence-corrected chi connectivity index (χ4v) is 2.53. The summed E-state index contributed by atoms with van der Waals surface area (Å²) in [6.07, 6.45) is -0.773. The Morgan fingerprint density at radius 2 is 2.20 bits per heavy atom. The molecule has 1 heterocycles. The lowest BCUT2D eigenvalue weighted by Crippen LogP contribution is -2.11. The zero-order valence-electron chi connectivity index (χ0n) is 11.1. The summed E-state index contributed by atoms with van der Waals surface area (Å²) in [6, 6.07) is 7.30. The summed E-state index contributed by atoms with van der Waals surface area (Å²) in [6.45, 7) is 3.40. The fraction of sp³-hybridized carbons (Fsp3) is 0.308. The van der Waals surface area contributed by atoms with E-state index in [1.807, 2.05) is 18.2 Å². The smallest absolute Gasteiger partial charge is 0.312 e. The summed E-state index contributed by atoms with van der Waals surface area (Å²) in [4.78, 5) is 10.5. The normalized spacial score (nSPS) is 12.4. The highest BCUT2D eigenvalue weighted by Crippen LogP contribution is 2.25. The van der Waals surface area contributed by atoms with Crippen molar-refractivity contribution >= 4 is 21.6 Å². The molecule has 20 heavy (non-hydrogen) atoms. The van der Waals surface area contributed by atoms with E-state index in [9.17, 15) is 15.2 Å². The van der Waals surface area contributed by atoms with E-state index in [-0.39, 0.29) is 12.2 Å². The predicted octanol–water partition coefficient (Wildman–Crippen LogP) is 2.90. The van der Waals surface area contributed by atoms with Gasteiger partial charge in [-0.05, 0) is 31.5 Å². The molecule has 0 aliphatic carbocycles. The second-order valence-electron chi connectivity index (χ2n) is 4.53. The van der Waals surface area contributed by atoms with Crippen LogP contribution in [0.5, 0.6) is 0 Å². The second kappa shape index (κ2) is 5.72. The van der Waals surface area contributed by atoms with Gasteiger partial charge in [0.1, 0.15) is 11.4 Å². The van der Waals surface area contributed by atoms with Crippen molar-refractivity contribution in [1.29, 1.82) is 0 Å². The highest BCUT2D eigenvalue weighted by molar-refractivity contribution is 9.10. The first-order chi connectivity index (χ1) is 9.40. The van der Waals surface area contributed by atoms with Crippen LogP contribution in [-0.2, 0) is 6.54 Å². The number of hydrogen-bond donors (Lipinski definition) is 1. The Morgan fingerprint density at radius 3 is 2.75 bits per heavy atom. The third-order valence-corrected chi connectivity index (χ3v) is 3.60. The van der Waals surface area contributed by atoms with Crippen molar-refractivity contribution in [3.8, 4) is 0 Å². The molecule has 7 heteroatoms. The van der Waals surface area contributed by atoms with E-state index in [2.05, 4.69) is 21.0 Å². The number of benzene rings is 1. The van der Waals surface area contributed by atoms with Crippen molar-refractivity contribution in [2.24, 2.45) is 0 Å². The van der Waals surface area contributed by atoms with E-state index >= 15 is 0 Å². The number of hydrogen-bond acceptors (Lipinski definition) is 4. The zero-order chi connectivity index (χ0) is 14.9. The van der Waals surface area contributed by atoms with Gasteiger partial charge >= 0.3 is 5.69 Å². The third-order valence-electron chi connectivity index (χ3n) is 3.11. The maximum Gasteiger partial charge on any atom is 0.312 e. The Labute approximate surface area is 124 Å². The van der Waals surface area contributed by atoms with E-state index in [1.54, 1.807) is 19.9 Å². The first-order valence-corrected chi connectivity index (χ1v) is 6.81. The number of aliphatic hydroxyl groups excluding tert-OH is 1. The number of nitrogens with zero attached hydrogens (tertiary/aromatic N) is 3. The van der Waals surface area contributed by atoms with Crippen LogP contribution in [0.4, 0.5) is 5.69 Å². The summed E-state index contributed by atoms with van der Waals surface area (Å²) < 4.78 is 2.34. The van der Waals surface area contributed by atoms with Gasteiger partial charge in [0.25, 0.3) is 0 Å². The highest BCUT2D eigenvalue weighted by atomic mass is 79.9. The van der Waals surface area contributed by atoms with E-state index in [0.29, 0.717) is 11.4 Å². The van der Waals surface area contributed by atoms with Crippen molar-refractivity contribution in [3.63, 3.8) is 0 Å². The van der Waals surface area contributed by atoms with Crippen LogP contribution in [0.15, 0.2) is 28.7 Å². The molecule has 0 amide bonds. The lowest BCUT2D eigenvalue weighted by atomic mass is 10.1. The number of aromatic nitrogens is 2. The van der Waals surface area contributed by atoms with Crippen molar-refractivity contribution in [1.82, 2.24) is 9.78 Å². The van der Waals surface area contributed by atoms with E-state index in [0.717, 1.165) is 10.0 Å². The van der Waals surface area contributed by atoms with Gasteiger partial charge in [0, 0.05) is 4.47 Å². The number of aryl methyl sites for hydroxylation is 1. The standard InChI is InChI=1S/C13H14BrN3O3/c1-8-13(17(19)20)9(2)16(15-8)7-12(18)10-4-3-5-11(14)6-10/h3-6,12,18H,7H2,1-2H3. The summed E-state index contributed by atoms with van der Waals surface area (Å²) in [5, 5.41) is 25.3. The van der Waals surface area contributed by atoms with Gasteiger partial charge < -0.3 is 5.11 Å². The minimum Gasteiger partial charge on any atom is -0.386 e.